The van der Waals surface area contributed by atoms with Crippen LogP contribution in [0.3, 0.4) is 0 Å². The topological polar surface area (TPSA) is 59.5 Å². The Hall–Kier alpha value is -2.36. The predicted molar refractivity (Wildman–Crippen MR) is 97.3 cm³/mol. The van der Waals surface area contributed by atoms with Gasteiger partial charge >= 0.3 is 6.97 Å². The Bertz CT molecular complexity index is 977. The number of allylic oxidation sites excluding steroid dienone is 2. The second-order valence-electron chi connectivity index (χ2n) is 6.38. The molecule has 6 nitrogen and oxygen atoms in total. The van der Waals surface area contributed by atoms with Gasteiger partial charge in [0.25, 0.3) is 0 Å². The molecule has 4 rings (SSSR count). The second-order valence-corrected chi connectivity index (χ2v) is 7.15. The molecule has 4 heterocycles. The molecule has 10 heteroatoms. The molecule has 0 atom stereocenters. The summed E-state index contributed by atoms with van der Waals surface area (Å²) in [5.74, 6) is 0.447. The Balaban J connectivity index is 1.65. The minimum atomic E-state index is -3.93. The van der Waals surface area contributed by atoms with E-state index in [0.29, 0.717) is 46.6 Å². The van der Waals surface area contributed by atoms with Gasteiger partial charge in [-0.3, -0.25) is 0 Å². The molecule has 0 unspecified atom stereocenters. The molecule has 0 N–H and O–H groups in total. The molecule has 26 heavy (non-hydrogen) atoms. The molecule has 0 saturated heterocycles. The minimum absolute atomic E-state index is 0.391. The molecule has 0 aliphatic carbocycles. The number of hydrogen-bond acceptors (Lipinski definition) is 5. The van der Waals surface area contributed by atoms with Crippen LogP contribution in [-0.2, 0) is 12.8 Å². The first-order valence-corrected chi connectivity index (χ1v) is 9.50. The minimum Gasteiger partial charge on any atom is -0.394 e. The summed E-state index contributed by atoms with van der Waals surface area (Å²) in [4.78, 5) is 0. The number of nitrogens with zero attached hydrogens (tertiary/aromatic N) is 6. The van der Waals surface area contributed by atoms with Crippen LogP contribution in [0.2, 0.25) is 0 Å². The molecule has 0 fully saturated rings. The van der Waals surface area contributed by atoms with E-state index in [1.165, 1.54) is 11.8 Å². The van der Waals surface area contributed by atoms with Crippen molar-refractivity contribution in [1.82, 2.24) is 24.9 Å². The van der Waals surface area contributed by atoms with Crippen LogP contribution in [0, 0.1) is 0 Å². The van der Waals surface area contributed by atoms with Crippen molar-refractivity contribution in [1.29, 1.82) is 0 Å². The third kappa shape index (κ3) is 2.59. The summed E-state index contributed by atoms with van der Waals surface area (Å²) in [6.45, 7) is -0.357. The van der Waals surface area contributed by atoms with E-state index in [0.717, 1.165) is 14.5 Å². The Morgan fingerprint density at radius 2 is 1.81 bits per heavy atom. The van der Waals surface area contributed by atoms with Crippen LogP contribution in [0.5, 0.6) is 0 Å². The lowest BCUT2D eigenvalue weighted by molar-refractivity contribution is -0.362. The van der Waals surface area contributed by atoms with Crippen LogP contribution in [0.25, 0.3) is 6.08 Å². The zero-order valence-corrected chi connectivity index (χ0v) is 15.5. The van der Waals surface area contributed by atoms with Gasteiger partial charge in [-0.25, -0.2) is 0 Å². The van der Waals surface area contributed by atoms with Crippen LogP contribution in [0.15, 0.2) is 34.6 Å². The summed E-state index contributed by atoms with van der Waals surface area (Å²) in [6.07, 6.45) is 6.25. The van der Waals surface area contributed by atoms with Crippen LogP contribution in [0.1, 0.15) is 31.1 Å². The fourth-order valence-corrected chi connectivity index (χ4v) is 3.80. The zero-order valence-electron chi connectivity index (χ0n) is 14.6. The summed E-state index contributed by atoms with van der Waals surface area (Å²) in [7, 11) is 0. The maximum Gasteiger partial charge on any atom is 0.737 e. The fourth-order valence-electron chi connectivity index (χ4n) is 3.56. The molecule has 0 spiro atoms. The SMILES string of the molecule is CSc1nnc(CCc2ccc3n2[B-](F)(F)[N+]2=C(C)C=C(C)C2=C3)nn1. The highest BCUT2D eigenvalue weighted by molar-refractivity contribution is 7.98. The van der Waals surface area contributed by atoms with Gasteiger partial charge in [0.2, 0.25) is 5.16 Å². The molecule has 0 aromatic carbocycles. The standard InChI is InChI=1S/C16H17BF2N6S/c1-10-8-11(2)24-14(10)9-13-5-4-12(25(13)17(24,18)19)6-7-15-20-22-16(26-3)23-21-15/h4-5,8-9H,6-7H2,1-3H3. The van der Waals surface area contributed by atoms with Gasteiger partial charge in [0.15, 0.2) is 11.5 Å². The average Bonchev–Trinajstić information content (AvgIpc) is 3.15. The van der Waals surface area contributed by atoms with Crippen molar-refractivity contribution in [3.8, 4) is 0 Å². The summed E-state index contributed by atoms with van der Waals surface area (Å²) in [6, 6.07) is 3.49. The monoisotopic (exact) mass is 374 g/mol. The first-order chi connectivity index (χ1) is 12.4. The number of rotatable bonds is 4. The normalized spacial score (nSPS) is 17.7. The van der Waals surface area contributed by atoms with Crippen LogP contribution >= 0.6 is 11.8 Å². The fraction of sp³-hybridized carbons (Fsp3) is 0.312. The molecular formula is C16H17BF2N6S. The van der Waals surface area contributed by atoms with Gasteiger partial charge in [-0.15, -0.1) is 20.4 Å². The zero-order chi connectivity index (χ0) is 18.5. The van der Waals surface area contributed by atoms with Crippen molar-refractivity contribution in [2.45, 2.75) is 31.8 Å². The summed E-state index contributed by atoms with van der Waals surface area (Å²) in [5.41, 5.74) is 3.07. The average molecular weight is 374 g/mol. The van der Waals surface area contributed by atoms with Crippen molar-refractivity contribution >= 4 is 30.5 Å². The number of halogens is 2. The van der Waals surface area contributed by atoms with Crippen molar-refractivity contribution in [2.24, 2.45) is 0 Å². The quantitative estimate of drug-likeness (QED) is 0.608. The lowest BCUT2D eigenvalue weighted by Crippen LogP contribution is -2.50. The lowest BCUT2D eigenvalue weighted by atomic mass is 9.89. The largest absolute Gasteiger partial charge is 0.737 e. The van der Waals surface area contributed by atoms with E-state index in [9.17, 15) is 0 Å². The molecule has 2 aliphatic rings. The predicted octanol–water partition coefficient (Wildman–Crippen LogP) is 2.59. The molecule has 0 bridgehead atoms. The molecule has 2 aromatic rings. The molecule has 0 saturated carbocycles. The highest BCUT2D eigenvalue weighted by Crippen LogP contribution is 2.35. The van der Waals surface area contributed by atoms with Gasteiger partial charge < -0.3 is 17.6 Å². The van der Waals surface area contributed by atoms with Gasteiger partial charge in [-0.1, -0.05) is 11.8 Å². The Kier molecular flexibility index (Phi) is 4.02. The van der Waals surface area contributed by atoms with Crippen LogP contribution in [-0.4, -0.2) is 48.3 Å². The lowest BCUT2D eigenvalue weighted by Gasteiger charge is -2.30. The second kappa shape index (κ2) is 6.12. The third-order valence-corrected chi connectivity index (χ3v) is 5.23. The number of fused-ring (bicyclic) bond motifs is 2. The van der Waals surface area contributed by atoms with Gasteiger partial charge in [0, 0.05) is 36.8 Å². The molecule has 0 radical (unpaired) electrons. The van der Waals surface area contributed by atoms with Gasteiger partial charge in [0.05, 0.1) is 0 Å². The number of hydrogen-bond donors (Lipinski definition) is 0. The van der Waals surface area contributed by atoms with E-state index in [2.05, 4.69) is 20.4 Å². The highest BCUT2D eigenvalue weighted by Gasteiger charge is 2.52. The number of aryl methyl sites for hydroxylation is 2. The molecular weight excluding hydrogens is 357 g/mol. The highest BCUT2D eigenvalue weighted by atomic mass is 32.2. The molecule has 0 amide bonds. The number of thioether (sulfide) groups is 1. The van der Waals surface area contributed by atoms with Gasteiger partial charge in [-0.05, 0) is 37.4 Å². The van der Waals surface area contributed by atoms with E-state index in [-0.39, 0.29) is 0 Å². The van der Waals surface area contributed by atoms with Crippen LogP contribution < -0.4 is 0 Å². The molecule has 2 aliphatic heterocycles. The maximum atomic E-state index is 15.3. The number of aromatic nitrogens is 5. The van der Waals surface area contributed by atoms with Crippen molar-refractivity contribution in [2.75, 3.05) is 6.26 Å². The summed E-state index contributed by atoms with van der Waals surface area (Å²) >= 11 is 1.35. The Labute approximate surface area is 153 Å². The Morgan fingerprint density at radius 1 is 1.08 bits per heavy atom. The third-order valence-electron chi connectivity index (χ3n) is 4.70. The van der Waals surface area contributed by atoms with E-state index in [1.54, 1.807) is 25.1 Å². The van der Waals surface area contributed by atoms with E-state index >= 15 is 8.63 Å². The van der Waals surface area contributed by atoms with E-state index in [4.69, 9.17) is 0 Å². The van der Waals surface area contributed by atoms with E-state index in [1.807, 2.05) is 19.3 Å². The van der Waals surface area contributed by atoms with Gasteiger partial charge in [-0.2, -0.15) is 0 Å². The van der Waals surface area contributed by atoms with Crippen molar-refractivity contribution in [3.05, 3.63) is 46.7 Å². The van der Waals surface area contributed by atoms with Crippen molar-refractivity contribution < 1.29 is 13.1 Å². The molecule has 2 aromatic heterocycles. The Morgan fingerprint density at radius 3 is 2.50 bits per heavy atom. The first kappa shape index (κ1) is 17.1. The van der Waals surface area contributed by atoms with E-state index < -0.39 is 6.97 Å². The summed E-state index contributed by atoms with van der Waals surface area (Å²) in [5, 5.41) is 16.4. The van der Waals surface area contributed by atoms with Gasteiger partial charge in [0.1, 0.15) is 5.71 Å². The first-order valence-electron chi connectivity index (χ1n) is 8.28. The summed E-state index contributed by atoms with van der Waals surface area (Å²) < 4.78 is 32.9. The maximum absolute atomic E-state index is 15.3. The smallest absolute Gasteiger partial charge is 0.394 e. The van der Waals surface area contributed by atoms with Crippen molar-refractivity contribution in [3.63, 3.8) is 0 Å². The van der Waals surface area contributed by atoms with Crippen LogP contribution in [0.4, 0.5) is 8.63 Å². The molecule has 134 valence electrons.